The number of rotatable bonds is 9. The van der Waals surface area contributed by atoms with Crippen molar-refractivity contribution in [3.8, 4) is 0 Å². The molecule has 0 saturated carbocycles. The molecule has 0 aliphatic carbocycles. The molecule has 0 spiro atoms. The molecule has 0 radical (unpaired) electrons. The van der Waals surface area contributed by atoms with Crippen molar-refractivity contribution >= 4 is 23.3 Å². The highest BCUT2D eigenvalue weighted by Gasteiger charge is 2.03. The number of halogens is 1. The molecule has 0 atom stereocenters. The summed E-state index contributed by atoms with van der Waals surface area (Å²) in [6, 6.07) is 0. The van der Waals surface area contributed by atoms with Crippen LogP contribution < -0.4 is 5.32 Å². The fourth-order valence-corrected chi connectivity index (χ4v) is 1.92. The monoisotopic (exact) mass is 283 g/mol. The number of anilines is 1. The first kappa shape index (κ1) is 15.9. The first-order valence-corrected chi connectivity index (χ1v) is 7.37. The van der Waals surface area contributed by atoms with Crippen LogP contribution in [0.25, 0.3) is 0 Å². The van der Waals surface area contributed by atoms with Crippen molar-refractivity contribution in [2.24, 2.45) is 0 Å². The Morgan fingerprint density at radius 1 is 1.11 bits per heavy atom. The van der Waals surface area contributed by atoms with Crippen LogP contribution in [0.3, 0.4) is 0 Å². The van der Waals surface area contributed by atoms with Gasteiger partial charge in [-0.3, -0.25) is 4.79 Å². The summed E-state index contributed by atoms with van der Waals surface area (Å²) >= 11 is 5.62. The Morgan fingerprint density at radius 2 is 1.79 bits per heavy atom. The first-order chi connectivity index (χ1) is 9.22. The van der Waals surface area contributed by atoms with Gasteiger partial charge in [-0.15, -0.1) is 0 Å². The minimum absolute atomic E-state index is 0.00909. The van der Waals surface area contributed by atoms with Crippen LogP contribution in [0.1, 0.15) is 58.3 Å². The summed E-state index contributed by atoms with van der Waals surface area (Å²) in [4.78, 5) is 19.4. The van der Waals surface area contributed by atoms with Crippen molar-refractivity contribution in [2.45, 2.75) is 58.3 Å². The van der Waals surface area contributed by atoms with E-state index in [1.54, 1.807) is 0 Å². The van der Waals surface area contributed by atoms with E-state index in [0.717, 1.165) is 12.8 Å². The molecule has 0 aromatic carbocycles. The number of aromatic nitrogens is 2. The molecule has 1 heterocycles. The van der Waals surface area contributed by atoms with E-state index in [4.69, 9.17) is 11.6 Å². The average molecular weight is 284 g/mol. The van der Waals surface area contributed by atoms with Crippen LogP contribution in [-0.2, 0) is 4.79 Å². The summed E-state index contributed by atoms with van der Waals surface area (Å²) in [6.45, 7) is 2.21. The largest absolute Gasteiger partial charge is 0.309 e. The van der Waals surface area contributed by atoms with Gasteiger partial charge in [-0.1, -0.05) is 57.0 Å². The van der Waals surface area contributed by atoms with Crippen LogP contribution in [-0.4, -0.2) is 15.9 Å². The predicted octanol–water partition coefficient (Wildman–Crippen LogP) is 4.21. The number of unbranched alkanes of at least 4 members (excludes halogenated alkanes) is 6. The minimum atomic E-state index is -0.00909. The molecule has 0 fully saturated rings. The summed E-state index contributed by atoms with van der Waals surface area (Å²) in [7, 11) is 0. The first-order valence-electron chi connectivity index (χ1n) is 6.99. The van der Waals surface area contributed by atoms with E-state index in [0.29, 0.717) is 17.4 Å². The van der Waals surface area contributed by atoms with Gasteiger partial charge in [0.15, 0.2) is 5.82 Å². The fourth-order valence-electron chi connectivity index (χ4n) is 1.82. The number of carbonyl (C=O) groups excluding carboxylic acids is 1. The SMILES string of the molecule is CCCCCCCCCC(=O)Nc1cnc(Cl)cn1. The topological polar surface area (TPSA) is 54.9 Å². The van der Waals surface area contributed by atoms with Crippen molar-refractivity contribution < 1.29 is 4.79 Å². The molecule has 4 nitrogen and oxygen atoms in total. The maximum Gasteiger partial charge on any atom is 0.225 e. The van der Waals surface area contributed by atoms with Crippen LogP contribution in [0, 0.1) is 0 Å². The van der Waals surface area contributed by atoms with Gasteiger partial charge in [0.25, 0.3) is 0 Å². The lowest BCUT2D eigenvalue weighted by atomic mass is 10.1. The summed E-state index contributed by atoms with van der Waals surface area (Å²) in [5, 5.41) is 3.03. The second-order valence-electron chi connectivity index (χ2n) is 4.64. The second-order valence-corrected chi connectivity index (χ2v) is 5.03. The quantitative estimate of drug-likeness (QED) is 0.691. The van der Waals surface area contributed by atoms with Gasteiger partial charge in [0.1, 0.15) is 5.15 Å². The third-order valence-electron chi connectivity index (χ3n) is 2.90. The standard InChI is InChI=1S/C14H22ClN3O/c1-2-3-4-5-6-7-8-9-14(19)18-13-11-16-12(15)10-17-13/h10-11H,2-9H2,1H3,(H,17,18,19). The van der Waals surface area contributed by atoms with E-state index in [-0.39, 0.29) is 5.91 Å². The third-order valence-corrected chi connectivity index (χ3v) is 3.09. The van der Waals surface area contributed by atoms with Crippen LogP contribution in [0.15, 0.2) is 12.4 Å². The van der Waals surface area contributed by atoms with Crippen molar-refractivity contribution in [1.82, 2.24) is 9.97 Å². The van der Waals surface area contributed by atoms with Crippen LogP contribution in [0.5, 0.6) is 0 Å². The van der Waals surface area contributed by atoms with Crippen LogP contribution in [0.2, 0.25) is 5.15 Å². The van der Waals surface area contributed by atoms with Crippen molar-refractivity contribution in [3.63, 3.8) is 0 Å². The van der Waals surface area contributed by atoms with E-state index < -0.39 is 0 Å². The van der Waals surface area contributed by atoms with E-state index in [1.165, 1.54) is 44.5 Å². The van der Waals surface area contributed by atoms with Crippen molar-refractivity contribution in [3.05, 3.63) is 17.5 Å². The predicted molar refractivity (Wildman–Crippen MR) is 78.3 cm³/mol. The highest BCUT2D eigenvalue weighted by Crippen LogP contribution is 2.10. The Balaban J connectivity index is 2.06. The van der Waals surface area contributed by atoms with Gasteiger partial charge in [0.2, 0.25) is 5.91 Å². The minimum Gasteiger partial charge on any atom is -0.309 e. The number of hydrogen-bond acceptors (Lipinski definition) is 3. The number of amides is 1. The Labute approximate surface area is 120 Å². The molecule has 106 valence electrons. The molecule has 1 amide bonds. The maximum absolute atomic E-state index is 11.6. The molecular formula is C14H22ClN3O. The van der Waals surface area contributed by atoms with E-state index in [1.807, 2.05) is 0 Å². The normalized spacial score (nSPS) is 10.4. The lowest BCUT2D eigenvalue weighted by Gasteiger charge is -2.04. The highest BCUT2D eigenvalue weighted by atomic mass is 35.5. The van der Waals surface area contributed by atoms with E-state index in [9.17, 15) is 4.79 Å². The zero-order chi connectivity index (χ0) is 13.9. The maximum atomic E-state index is 11.6. The summed E-state index contributed by atoms with van der Waals surface area (Å²) < 4.78 is 0. The lowest BCUT2D eigenvalue weighted by Crippen LogP contribution is -2.12. The molecule has 0 aliphatic rings. The smallest absolute Gasteiger partial charge is 0.225 e. The molecule has 1 rings (SSSR count). The molecule has 1 aromatic rings. The molecule has 5 heteroatoms. The molecule has 1 aromatic heterocycles. The second kappa shape index (κ2) is 9.73. The average Bonchev–Trinajstić information content (AvgIpc) is 2.40. The molecule has 1 N–H and O–H groups in total. The Morgan fingerprint density at radius 3 is 2.42 bits per heavy atom. The summed E-state index contributed by atoms with van der Waals surface area (Å²) in [5.41, 5.74) is 0. The Hall–Kier alpha value is -1.16. The van der Waals surface area contributed by atoms with Gasteiger partial charge < -0.3 is 5.32 Å². The van der Waals surface area contributed by atoms with Gasteiger partial charge in [-0.2, -0.15) is 0 Å². The molecule has 0 aliphatic heterocycles. The molecule has 0 saturated heterocycles. The Kier molecular flexibility index (Phi) is 8.14. The number of nitrogens with zero attached hydrogens (tertiary/aromatic N) is 2. The zero-order valence-corrected chi connectivity index (χ0v) is 12.2. The van der Waals surface area contributed by atoms with Gasteiger partial charge in [0.05, 0.1) is 12.4 Å². The number of nitrogens with one attached hydrogen (secondary N) is 1. The summed E-state index contributed by atoms with van der Waals surface area (Å²) in [6.07, 6.45) is 11.9. The van der Waals surface area contributed by atoms with Crippen molar-refractivity contribution in [1.29, 1.82) is 0 Å². The lowest BCUT2D eigenvalue weighted by molar-refractivity contribution is -0.116. The molecule has 0 unspecified atom stereocenters. The summed E-state index contributed by atoms with van der Waals surface area (Å²) in [5.74, 6) is 0.447. The van der Waals surface area contributed by atoms with E-state index in [2.05, 4.69) is 22.2 Å². The number of carbonyl (C=O) groups is 1. The molecule has 19 heavy (non-hydrogen) atoms. The van der Waals surface area contributed by atoms with Crippen molar-refractivity contribution in [2.75, 3.05) is 5.32 Å². The van der Waals surface area contributed by atoms with Crippen LogP contribution >= 0.6 is 11.6 Å². The number of hydrogen-bond donors (Lipinski definition) is 1. The fraction of sp³-hybridized carbons (Fsp3) is 0.643. The Bertz CT molecular complexity index is 367. The zero-order valence-electron chi connectivity index (χ0n) is 11.5. The van der Waals surface area contributed by atoms with Gasteiger partial charge in [-0.25, -0.2) is 9.97 Å². The molecular weight excluding hydrogens is 262 g/mol. The molecule has 0 bridgehead atoms. The highest BCUT2D eigenvalue weighted by molar-refractivity contribution is 6.29. The third kappa shape index (κ3) is 7.78. The van der Waals surface area contributed by atoms with Gasteiger partial charge in [-0.05, 0) is 6.42 Å². The van der Waals surface area contributed by atoms with Crippen LogP contribution in [0.4, 0.5) is 5.82 Å². The van der Waals surface area contributed by atoms with Gasteiger partial charge in [0, 0.05) is 6.42 Å². The van der Waals surface area contributed by atoms with E-state index >= 15 is 0 Å². The van der Waals surface area contributed by atoms with Gasteiger partial charge >= 0.3 is 0 Å².